The first-order valence-corrected chi connectivity index (χ1v) is 4.52. The summed E-state index contributed by atoms with van der Waals surface area (Å²) in [7, 11) is 5.64. The molecule has 1 aliphatic heterocycles. The van der Waals surface area contributed by atoms with E-state index >= 15 is 0 Å². The van der Waals surface area contributed by atoms with Gasteiger partial charge in [0.15, 0.2) is 0 Å². The van der Waals surface area contributed by atoms with Crippen molar-refractivity contribution in [3.63, 3.8) is 0 Å². The van der Waals surface area contributed by atoms with Crippen molar-refractivity contribution in [3.8, 4) is 0 Å². The average molecular weight is 152 g/mol. The highest BCUT2D eigenvalue weighted by atomic mass is 16.5. The summed E-state index contributed by atoms with van der Waals surface area (Å²) >= 11 is 0. The highest BCUT2D eigenvalue weighted by Crippen LogP contribution is 2.27. The summed E-state index contributed by atoms with van der Waals surface area (Å²) in [5.41, 5.74) is 0. The van der Waals surface area contributed by atoms with Gasteiger partial charge < -0.3 is 4.74 Å². The molecular weight excluding hydrogens is 135 g/mol. The Bertz CT molecular complexity index is 125. The second kappa shape index (κ2) is 3.62. The van der Waals surface area contributed by atoms with Gasteiger partial charge in [-0.25, -0.2) is 0 Å². The van der Waals surface area contributed by atoms with Crippen LogP contribution < -0.4 is 0 Å². The van der Waals surface area contributed by atoms with Crippen LogP contribution >= 0.6 is 0 Å². The standard InChI is InChI=1S/C9H17BO/c1-6(2)7(3)8-4-5-9(10)11-8/h6-9H,4-5H2,1-3H3/t7?,8?,9-/m1/s1. The Kier molecular flexibility index (Phi) is 3.00. The van der Waals surface area contributed by atoms with Crippen molar-refractivity contribution in [2.45, 2.75) is 45.7 Å². The Morgan fingerprint density at radius 2 is 1.91 bits per heavy atom. The molecule has 1 saturated heterocycles. The summed E-state index contributed by atoms with van der Waals surface area (Å²) in [6.07, 6.45) is 2.58. The number of hydrogen-bond donors (Lipinski definition) is 0. The molecule has 1 fully saturated rings. The number of ether oxygens (including phenoxy) is 1. The summed E-state index contributed by atoms with van der Waals surface area (Å²) in [5.74, 6) is 1.34. The van der Waals surface area contributed by atoms with E-state index in [0.29, 0.717) is 17.9 Å². The van der Waals surface area contributed by atoms with Crippen LogP contribution in [0.5, 0.6) is 0 Å². The zero-order valence-electron chi connectivity index (χ0n) is 7.71. The molecule has 11 heavy (non-hydrogen) atoms. The van der Waals surface area contributed by atoms with Crippen LogP contribution in [0, 0.1) is 11.8 Å². The number of rotatable bonds is 2. The molecule has 1 aliphatic rings. The van der Waals surface area contributed by atoms with Crippen LogP contribution in [0.2, 0.25) is 0 Å². The van der Waals surface area contributed by atoms with Gasteiger partial charge in [0.25, 0.3) is 0 Å². The SMILES string of the molecule is [B][C@H]1CCC(C(C)C(C)C)O1. The molecule has 2 heteroatoms. The van der Waals surface area contributed by atoms with E-state index in [0.717, 1.165) is 12.8 Å². The first-order valence-electron chi connectivity index (χ1n) is 4.52. The third kappa shape index (κ3) is 2.23. The first-order chi connectivity index (χ1) is 5.11. The fourth-order valence-corrected chi connectivity index (χ4v) is 1.51. The fourth-order valence-electron chi connectivity index (χ4n) is 1.51. The Morgan fingerprint density at radius 1 is 1.27 bits per heavy atom. The van der Waals surface area contributed by atoms with E-state index in [1.54, 1.807) is 0 Å². The minimum atomic E-state index is 0.00111. The zero-order valence-corrected chi connectivity index (χ0v) is 7.71. The molecule has 0 amide bonds. The van der Waals surface area contributed by atoms with Crippen LogP contribution in [0.4, 0.5) is 0 Å². The van der Waals surface area contributed by atoms with E-state index in [2.05, 4.69) is 20.8 Å². The Balaban J connectivity index is 2.36. The van der Waals surface area contributed by atoms with E-state index in [4.69, 9.17) is 12.6 Å². The summed E-state index contributed by atoms with van der Waals surface area (Å²) in [4.78, 5) is 0. The highest BCUT2D eigenvalue weighted by Gasteiger charge is 2.27. The van der Waals surface area contributed by atoms with Crippen molar-refractivity contribution in [3.05, 3.63) is 0 Å². The summed E-state index contributed by atoms with van der Waals surface area (Å²) in [6.45, 7) is 6.71. The van der Waals surface area contributed by atoms with Crippen molar-refractivity contribution in [1.29, 1.82) is 0 Å². The molecule has 0 bridgehead atoms. The molecule has 1 heterocycles. The summed E-state index contributed by atoms with van der Waals surface area (Å²) in [5, 5.41) is 0. The van der Waals surface area contributed by atoms with E-state index in [1.807, 2.05) is 0 Å². The van der Waals surface area contributed by atoms with Crippen LogP contribution in [0.25, 0.3) is 0 Å². The van der Waals surface area contributed by atoms with Gasteiger partial charge in [0.1, 0.15) is 7.85 Å². The van der Waals surface area contributed by atoms with Gasteiger partial charge in [-0.3, -0.25) is 0 Å². The van der Waals surface area contributed by atoms with Gasteiger partial charge in [-0.2, -0.15) is 0 Å². The first kappa shape index (κ1) is 9.12. The maximum atomic E-state index is 5.64. The molecule has 1 rings (SSSR count). The zero-order chi connectivity index (χ0) is 8.43. The molecule has 0 aromatic carbocycles. The van der Waals surface area contributed by atoms with Crippen molar-refractivity contribution >= 4 is 7.85 Å². The van der Waals surface area contributed by atoms with E-state index in [1.165, 1.54) is 0 Å². The molecule has 0 N–H and O–H groups in total. The van der Waals surface area contributed by atoms with Crippen molar-refractivity contribution in [1.82, 2.24) is 0 Å². The quantitative estimate of drug-likeness (QED) is 0.549. The Morgan fingerprint density at radius 3 is 2.27 bits per heavy atom. The lowest BCUT2D eigenvalue weighted by Crippen LogP contribution is -2.23. The van der Waals surface area contributed by atoms with E-state index < -0.39 is 0 Å². The summed E-state index contributed by atoms with van der Waals surface area (Å²) < 4.78 is 5.56. The minimum absolute atomic E-state index is 0.00111. The van der Waals surface area contributed by atoms with Crippen LogP contribution in [0.1, 0.15) is 33.6 Å². The Labute approximate surface area is 70.9 Å². The predicted molar refractivity (Wildman–Crippen MR) is 47.7 cm³/mol. The van der Waals surface area contributed by atoms with Crippen molar-refractivity contribution in [2.75, 3.05) is 0 Å². The third-order valence-corrected chi connectivity index (χ3v) is 2.72. The second-order valence-electron chi connectivity index (χ2n) is 3.89. The molecule has 62 valence electrons. The monoisotopic (exact) mass is 152 g/mol. The van der Waals surface area contributed by atoms with Crippen molar-refractivity contribution < 1.29 is 4.74 Å². The van der Waals surface area contributed by atoms with E-state index in [-0.39, 0.29) is 6.00 Å². The molecule has 2 radical (unpaired) electrons. The normalized spacial score (nSPS) is 34.5. The molecule has 2 unspecified atom stereocenters. The lowest BCUT2D eigenvalue weighted by molar-refractivity contribution is 0.0356. The lowest BCUT2D eigenvalue weighted by atomic mass is 9.90. The molecule has 1 nitrogen and oxygen atoms in total. The van der Waals surface area contributed by atoms with Crippen LogP contribution in [-0.4, -0.2) is 20.0 Å². The maximum absolute atomic E-state index is 5.64. The van der Waals surface area contributed by atoms with Crippen LogP contribution in [0.15, 0.2) is 0 Å². The van der Waals surface area contributed by atoms with Gasteiger partial charge in [0.05, 0.1) is 6.10 Å². The number of hydrogen-bond acceptors (Lipinski definition) is 1. The average Bonchev–Trinajstić information content (AvgIpc) is 2.34. The molecular formula is C9H17BO. The topological polar surface area (TPSA) is 9.23 Å². The smallest absolute Gasteiger partial charge is 0.109 e. The molecule has 0 aliphatic carbocycles. The molecule has 0 aromatic heterocycles. The molecule has 0 aromatic rings. The lowest BCUT2D eigenvalue weighted by Gasteiger charge is -2.22. The van der Waals surface area contributed by atoms with E-state index in [9.17, 15) is 0 Å². The van der Waals surface area contributed by atoms with Gasteiger partial charge >= 0.3 is 0 Å². The van der Waals surface area contributed by atoms with Gasteiger partial charge in [-0.05, 0) is 24.7 Å². The van der Waals surface area contributed by atoms with Gasteiger partial charge in [0, 0.05) is 6.00 Å². The predicted octanol–water partition coefficient (Wildman–Crippen LogP) is 1.95. The second-order valence-corrected chi connectivity index (χ2v) is 3.89. The Hall–Kier alpha value is 0.0249. The van der Waals surface area contributed by atoms with Gasteiger partial charge in [-0.1, -0.05) is 20.8 Å². The van der Waals surface area contributed by atoms with Crippen LogP contribution in [0.3, 0.4) is 0 Å². The van der Waals surface area contributed by atoms with Crippen molar-refractivity contribution in [2.24, 2.45) is 11.8 Å². The van der Waals surface area contributed by atoms with Gasteiger partial charge in [0.2, 0.25) is 0 Å². The minimum Gasteiger partial charge on any atom is -0.384 e. The molecule has 0 spiro atoms. The summed E-state index contributed by atoms with van der Waals surface area (Å²) in [6, 6.07) is 0.00111. The fraction of sp³-hybridized carbons (Fsp3) is 1.00. The molecule has 3 atom stereocenters. The third-order valence-electron chi connectivity index (χ3n) is 2.72. The molecule has 0 saturated carbocycles. The van der Waals surface area contributed by atoms with Gasteiger partial charge in [-0.15, -0.1) is 0 Å². The highest BCUT2D eigenvalue weighted by molar-refractivity contribution is 6.11. The maximum Gasteiger partial charge on any atom is 0.109 e. The largest absolute Gasteiger partial charge is 0.384 e. The van der Waals surface area contributed by atoms with Crippen LogP contribution in [-0.2, 0) is 4.74 Å².